The summed E-state index contributed by atoms with van der Waals surface area (Å²) in [6, 6.07) is -0.659. The Morgan fingerprint density at radius 3 is 2.80 bits per heavy atom. The molecule has 2 fully saturated rings. The first-order valence-electron chi connectivity index (χ1n) is 7.40. The first kappa shape index (κ1) is 15.6. The van der Waals surface area contributed by atoms with Gasteiger partial charge in [-0.3, -0.25) is 4.79 Å². The maximum Gasteiger partial charge on any atom is 0.327 e. The maximum atomic E-state index is 12.4. The molecule has 6 heteroatoms. The van der Waals surface area contributed by atoms with Crippen LogP contribution >= 0.6 is 11.8 Å². The quantitative estimate of drug-likeness (QED) is 0.814. The van der Waals surface area contributed by atoms with Crippen LogP contribution in [0.1, 0.15) is 45.4 Å². The summed E-state index contributed by atoms with van der Waals surface area (Å²) < 4.78 is 5.52. The van der Waals surface area contributed by atoms with Crippen LogP contribution in [0.25, 0.3) is 0 Å². The van der Waals surface area contributed by atoms with Crippen LogP contribution in [0, 0.1) is 0 Å². The minimum atomic E-state index is -0.887. The van der Waals surface area contributed by atoms with E-state index in [2.05, 4.69) is 6.92 Å². The van der Waals surface area contributed by atoms with Crippen molar-refractivity contribution in [3.63, 3.8) is 0 Å². The second kappa shape index (κ2) is 7.31. The minimum Gasteiger partial charge on any atom is -0.480 e. The van der Waals surface area contributed by atoms with E-state index in [9.17, 15) is 14.7 Å². The minimum absolute atomic E-state index is 0.0260. The molecule has 1 N–H and O–H groups in total. The number of hydrogen-bond acceptors (Lipinski definition) is 4. The molecule has 114 valence electrons. The van der Waals surface area contributed by atoms with Gasteiger partial charge in [0.2, 0.25) is 5.91 Å². The number of rotatable bonds is 6. The van der Waals surface area contributed by atoms with Crippen LogP contribution in [-0.2, 0) is 14.3 Å². The van der Waals surface area contributed by atoms with Gasteiger partial charge in [-0.15, -0.1) is 11.8 Å². The summed E-state index contributed by atoms with van der Waals surface area (Å²) in [4.78, 5) is 25.3. The SMILES string of the molecule is CCCC1SCC(C(=O)O)N1C(=O)CCC1CCCO1. The number of carbonyl (C=O) groups is 2. The Kier molecular flexibility index (Phi) is 5.72. The third-order valence-electron chi connectivity index (χ3n) is 3.91. The van der Waals surface area contributed by atoms with Gasteiger partial charge in [-0.25, -0.2) is 4.79 Å². The fourth-order valence-corrected chi connectivity index (χ4v) is 4.38. The number of carboxylic acid groups (broad SMARTS) is 1. The number of amides is 1. The normalized spacial score (nSPS) is 29.9. The number of nitrogens with zero attached hydrogens (tertiary/aromatic N) is 1. The average Bonchev–Trinajstić information content (AvgIpc) is 3.05. The van der Waals surface area contributed by atoms with E-state index in [0.29, 0.717) is 18.6 Å². The van der Waals surface area contributed by atoms with Crippen LogP contribution in [0.2, 0.25) is 0 Å². The van der Waals surface area contributed by atoms with Gasteiger partial charge in [0.15, 0.2) is 0 Å². The Morgan fingerprint density at radius 2 is 2.20 bits per heavy atom. The summed E-state index contributed by atoms with van der Waals surface area (Å²) >= 11 is 1.59. The van der Waals surface area contributed by atoms with Gasteiger partial charge >= 0.3 is 5.97 Å². The lowest BCUT2D eigenvalue weighted by atomic mass is 10.1. The summed E-state index contributed by atoms with van der Waals surface area (Å²) in [6.07, 6.45) is 5.19. The van der Waals surface area contributed by atoms with Gasteiger partial charge in [0.25, 0.3) is 0 Å². The highest BCUT2D eigenvalue weighted by Gasteiger charge is 2.40. The molecule has 2 saturated heterocycles. The molecule has 0 aliphatic carbocycles. The molecular formula is C14H23NO4S. The highest BCUT2D eigenvalue weighted by atomic mass is 32.2. The van der Waals surface area contributed by atoms with Gasteiger partial charge in [0.05, 0.1) is 11.5 Å². The van der Waals surface area contributed by atoms with Gasteiger partial charge in [0, 0.05) is 18.8 Å². The third kappa shape index (κ3) is 3.67. The average molecular weight is 301 g/mol. The fourth-order valence-electron chi connectivity index (χ4n) is 2.84. The van der Waals surface area contributed by atoms with E-state index in [1.165, 1.54) is 0 Å². The highest BCUT2D eigenvalue weighted by molar-refractivity contribution is 8.00. The van der Waals surface area contributed by atoms with Gasteiger partial charge in [0.1, 0.15) is 6.04 Å². The van der Waals surface area contributed by atoms with E-state index in [1.807, 2.05) is 0 Å². The van der Waals surface area contributed by atoms with Crippen molar-refractivity contribution in [3.8, 4) is 0 Å². The summed E-state index contributed by atoms with van der Waals surface area (Å²) in [7, 11) is 0. The molecule has 0 spiro atoms. The first-order valence-corrected chi connectivity index (χ1v) is 8.45. The molecule has 2 heterocycles. The molecule has 0 radical (unpaired) electrons. The zero-order valence-corrected chi connectivity index (χ0v) is 12.7. The van der Waals surface area contributed by atoms with E-state index >= 15 is 0 Å². The van der Waals surface area contributed by atoms with E-state index in [4.69, 9.17) is 4.74 Å². The van der Waals surface area contributed by atoms with Crippen LogP contribution in [0.3, 0.4) is 0 Å². The molecule has 3 atom stereocenters. The summed E-state index contributed by atoms with van der Waals surface area (Å²) in [5.74, 6) is -0.413. The Labute approximate surface area is 124 Å². The number of ether oxygens (including phenoxy) is 1. The van der Waals surface area contributed by atoms with E-state index in [0.717, 1.165) is 32.3 Å². The Hall–Kier alpha value is -0.750. The molecule has 2 rings (SSSR count). The standard InChI is InChI=1S/C14H23NO4S/c1-2-4-13-15(11(9-20-13)14(17)18)12(16)7-6-10-5-3-8-19-10/h10-11,13H,2-9H2,1H3,(H,17,18). The lowest BCUT2D eigenvalue weighted by molar-refractivity contribution is -0.149. The largest absolute Gasteiger partial charge is 0.480 e. The van der Waals surface area contributed by atoms with E-state index in [1.54, 1.807) is 16.7 Å². The van der Waals surface area contributed by atoms with Crippen molar-refractivity contribution < 1.29 is 19.4 Å². The number of carboxylic acids is 1. The number of carbonyl (C=O) groups excluding carboxylic acids is 1. The molecule has 2 aliphatic rings. The molecule has 0 saturated carbocycles. The summed E-state index contributed by atoms with van der Waals surface area (Å²) in [5, 5.41) is 9.29. The Bertz CT molecular complexity index is 357. The summed E-state index contributed by atoms with van der Waals surface area (Å²) in [5.41, 5.74) is 0. The van der Waals surface area contributed by atoms with Crippen LogP contribution in [0.5, 0.6) is 0 Å². The van der Waals surface area contributed by atoms with Crippen molar-refractivity contribution in [3.05, 3.63) is 0 Å². The van der Waals surface area contributed by atoms with Crippen molar-refractivity contribution in [1.29, 1.82) is 0 Å². The molecule has 5 nitrogen and oxygen atoms in total. The van der Waals surface area contributed by atoms with Crippen molar-refractivity contribution in [2.24, 2.45) is 0 Å². The summed E-state index contributed by atoms with van der Waals surface area (Å²) in [6.45, 7) is 2.85. The lowest BCUT2D eigenvalue weighted by Gasteiger charge is -2.27. The second-order valence-corrected chi connectivity index (χ2v) is 6.62. The molecule has 1 amide bonds. The molecule has 3 unspecified atom stereocenters. The number of thioether (sulfide) groups is 1. The van der Waals surface area contributed by atoms with E-state index in [-0.39, 0.29) is 17.4 Å². The Balaban J connectivity index is 1.93. The highest BCUT2D eigenvalue weighted by Crippen LogP contribution is 2.33. The van der Waals surface area contributed by atoms with Crippen LogP contribution < -0.4 is 0 Å². The van der Waals surface area contributed by atoms with Crippen molar-refractivity contribution >= 4 is 23.6 Å². The zero-order chi connectivity index (χ0) is 14.5. The van der Waals surface area contributed by atoms with E-state index < -0.39 is 12.0 Å². The van der Waals surface area contributed by atoms with Crippen LogP contribution in [0.4, 0.5) is 0 Å². The van der Waals surface area contributed by atoms with Gasteiger partial charge in [-0.2, -0.15) is 0 Å². The van der Waals surface area contributed by atoms with Crippen LogP contribution in [-0.4, -0.2) is 51.8 Å². The smallest absolute Gasteiger partial charge is 0.327 e. The van der Waals surface area contributed by atoms with Gasteiger partial charge < -0.3 is 14.7 Å². The number of aliphatic carboxylic acids is 1. The molecule has 20 heavy (non-hydrogen) atoms. The predicted octanol–water partition coefficient (Wildman–Crippen LogP) is 2.10. The monoisotopic (exact) mass is 301 g/mol. The molecule has 2 aliphatic heterocycles. The van der Waals surface area contributed by atoms with Crippen molar-refractivity contribution in [1.82, 2.24) is 4.90 Å². The molecule has 0 aromatic heterocycles. The third-order valence-corrected chi connectivity index (χ3v) is 5.26. The molecule has 0 aromatic rings. The molecule has 0 bridgehead atoms. The lowest BCUT2D eigenvalue weighted by Crippen LogP contribution is -2.45. The van der Waals surface area contributed by atoms with Crippen LogP contribution in [0.15, 0.2) is 0 Å². The van der Waals surface area contributed by atoms with Crippen molar-refractivity contribution in [2.75, 3.05) is 12.4 Å². The van der Waals surface area contributed by atoms with Gasteiger partial charge in [-0.05, 0) is 25.7 Å². The topological polar surface area (TPSA) is 66.8 Å². The molecule has 0 aromatic carbocycles. The maximum absolute atomic E-state index is 12.4. The van der Waals surface area contributed by atoms with Gasteiger partial charge in [-0.1, -0.05) is 13.3 Å². The predicted molar refractivity (Wildman–Crippen MR) is 77.6 cm³/mol. The van der Waals surface area contributed by atoms with Crippen molar-refractivity contribution in [2.45, 2.75) is 63.0 Å². The molecular weight excluding hydrogens is 278 g/mol. The zero-order valence-electron chi connectivity index (χ0n) is 11.9. The number of hydrogen-bond donors (Lipinski definition) is 1. The first-order chi connectivity index (χ1) is 9.63. The second-order valence-electron chi connectivity index (χ2n) is 5.41. The Morgan fingerprint density at radius 1 is 1.40 bits per heavy atom. The fraction of sp³-hybridized carbons (Fsp3) is 0.857.